The Balaban J connectivity index is 1.07. The fourth-order valence-corrected chi connectivity index (χ4v) is 3.93. The number of halogens is 3. The molecule has 2 aromatic carbocycles. The molecule has 0 aliphatic carbocycles. The first-order valence-corrected chi connectivity index (χ1v) is 11.9. The third-order valence-electron chi connectivity index (χ3n) is 5.96. The maximum Gasteiger partial charge on any atom is 0.417 e. The molecule has 0 radical (unpaired) electrons. The minimum Gasteiger partial charge on any atom is -0.490 e. The van der Waals surface area contributed by atoms with Crippen molar-refractivity contribution >= 4 is 6.09 Å². The van der Waals surface area contributed by atoms with Crippen LogP contribution in [0, 0.1) is 0 Å². The lowest BCUT2D eigenvalue weighted by molar-refractivity contribution is -0.137. The van der Waals surface area contributed by atoms with Gasteiger partial charge in [-0.25, -0.2) is 14.8 Å². The van der Waals surface area contributed by atoms with Crippen molar-refractivity contribution in [3.8, 4) is 28.8 Å². The Labute approximate surface area is 216 Å². The third kappa shape index (κ3) is 6.23. The van der Waals surface area contributed by atoms with Crippen LogP contribution in [0.1, 0.15) is 18.4 Å². The van der Waals surface area contributed by atoms with Crippen LogP contribution >= 0.6 is 0 Å². The highest BCUT2D eigenvalue weighted by Crippen LogP contribution is 2.30. The highest BCUT2D eigenvalue weighted by atomic mass is 19.4. The number of hydrogen-bond donors (Lipinski definition) is 0. The largest absolute Gasteiger partial charge is 0.490 e. The monoisotopic (exact) mass is 524 g/mol. The zero-order chi connectivity index (χ0) is 26.5. The Bertz CT molecular complexity index is 1340. The predicted octanol–water partition coefficient (Wildman–Crippen LogP) is 6.12. The van der Waals surface area contributed by atoms with E-state index in [4.69, 9.17) is 14.2 Å². The first-order chi connectivity index (χ1) is 18.3. The summed E-state index contributed by atoms with van der Waals surface area (Å²) < 4.78 is 56.9. The van der Waals surface area contributed by atoms with Crippen LogP contribution in [0.3, 0.4) is 0 Å². The molecule has 11 heteroatoms. The van der Waals surface area contributed by atoms with Gasteiger partial charge < -0.3 is 23.7 Å². The Kier molecular flexibility index (Phi) is 7.16. The molecule has 5 rings (SSSR count). The van der Waals surface area contributed by atoms with Crippen LogP contribution in [0.4, 0.5) is 18.0 Å². The maximum absolute atomic E-state index is 12.7. The molecule has 0 saturated carbocycles. The lowest BCUT2D eigenvalue weighted by atomic mass is 10.1. The summed E-state index contributed by atoms with van der Waals surface area (Å²) in [6, 6.07) is 15.9. The molecule has 2 aromatic heterocycles. The number of benzene rings is 2. The number of hydrogen-bond acceptors (Lipinski definition) is 6. The van der Waals surface area contributed by atoms with Gasteiger partial charge in [-0.1, -0.05) is 0 Å². The van der Waals surface area contributed by atoms with Gasteiger partial charge in [0.1, 0.15) is 23.4 Å². The number of ether oxygens (including phenoxy) is 3. The topological polar surface area (TPSA) is 78.7 Å². The summed E-state index contributed by atoms with van der Waals surface area (Å²) >= 11 is 0. The van der Waals surface area contributed by atoms with Crippen LogP contribution < -0.4 is 14.2 Å². The van der Waals surface area contributed by atoms with Crippen LogP contribution in [-0.4, -0.2) is 44.7 Å². The van der Waals surface area contributed by atoms with E-state index in [1.807, 2.05) is 35.0 Å². The number of imidazole rings is 1. The Morgan fingerprint density at radius 2 is 1.58 bits per heavy atom. The highest BCUT2D eigenvalue weighted by Gasteiger charge is 2.30. The van der Waals surface area contributed by atoms with Gasteiger partial charge in [-0.05, 0) is 54.6 Å². The fraction of sp³-hybridized carbons (Fsp3) is 0.222. The standard InChI is InChI=1S/C27H23F3N4O4/c28-27(29,30)19-1-10-25(32-17-19)37-22-6-8-23(9-7-22)38-26(35)33-14-11-24(12-15-33)36-21-4-2-20(3-5-21)34-16-13-31-18-34/h1-10,13,16-18,24H,11-12,14-15H2. The summed E-state index contributed by atoms with van der Waals surface area (Å²) in [4.78, 5) is 21.9. The number of pyridine rings is 1. The summed E-state index contributed by atoms with van der Waals surface area (Å²) in [6.07, 6.45) is 2.43. The van der Waals surface area contributed by atoms with Crippen molar-refractivity contribution in [1.29, 1.82) is 0 Å². The number of likely N-dealkylation sites (tertiary alicyclic amines) is 1. The van der Waals surface area contributed by atoms with E-state index in [1.165, 1.54) is 0 Å². The van der Waals surface area contributed by atoms with Gasteiger partial charge in [0, 0.05) is 56.3 Å². The van der Waals surface area contributed by atoms with Crippen molar-refractivity contribution in [2.75, 3.05) is 13.1 Å². The second-order valence-electron chi connectivity index (χ2n) is 8.59. The highest BCUT2D eigenvalue weighted by molar-refractivity contribution is 5.70. The number of carbonyl (C=O) groups excluding carboxylic acids is 1. The summed E-state index contributed by atoms with van der Waals surface area (Å²) in [7, 11) is 0. The molecule has 1 aliphatic rings. The van der Waals surface area contributed by atoms with E-state index >= 15 is 0 Å². The van der Waals surface area contributed by atoms with Gasteiger partial charge in [0.15, 0.2) is 0 Å². The summed E-state index contributed by atoms with van der Waals surface area (Å²) in [5.41, 5.74) is 0.131. The molecule has 1 aliphatic heterocycles. The van der Waals surface area contributed by atoms with Crippen molar-refractivity contribution < 1.29 is 32.2 Å². The SMILES string of the molecule is O=C(Oc1ccc(Oc2ccc(C(F)(F)F)cn2)cc1)N1CCC(Oc2ccc(-n3ccnc3)cc2)CC1. The predicted molar refractivity (Wildman–Crippen MR) is 131 cm³/mol. The average molecular weight is 524 g/mol. The summed E-state index contributed by atoms with van der Waals surface area (Å²) in [5, 5.41) is 0. The zero-order valence-electron chi connectivity index (χ0n) is 20.0. The summed E-state index contributed by atoms with van der Waals surface area (Å²) in [6.45, 7) is 0.995. The van der Waals surface area contributed by atoms with E-state index in [-0.39, 0.29) is 12.0 Å². The van der Waals surface area contributed by atoms with Crippen molar-refractivity contribution in [3.63, 3.8) is 0 Å². The summed E-state index contributed by atoms with van der Waals surface area (Å²) in [5.74, 6) is 1.44. The first-order valence-electron chi connectivity index (χ1n) is 11.9. The Hall–Kier alpha value is -4.54. The van der Waals surface area contributed by atoms with Crippen LogP contribution in [0.25, 0.3) is 5.69 Å². The normalized spacial score (nSPS) is 14.2. The van der Waals surface area contributed by atoms with Crippen LogP contribution in [0.2, 0.25) is 0 Å². The molecule has 38 heavy (non-hydrogen) atoms. The number of carbonyl (C=O) groups is 1. The Morgan fingerprint density at radius 3 is 2.18 bits per heavy atom. The molecule has 4 aromatic rings. The molecule has 8 nitrogen and oxygen atoms in total. The van der Waals surface area contributed by atoms with Crippen LogP contribution in [-0.2, 0) is 6.18 Å². The van der Waals surface area contributed by atoms with Gasteiger partial charge in [0.2, 0.25) is 5.88 Å². The molecular formula is C27H23F3N4O4. The van der Waals surface area contributed by atoms with Gasteiger partial charge in [0.05, 0.1) is 11.9 Å². The molecular weight excluding hydrogens is 501 g/mol. The molecule has 1 amide bonds. The molecule has 0 atom stereocenters. The quantitative estimate of drug-likeness (QED) is 0.302. The van der Waals surface area contributed by atoms with E-state index in [2.05, 4.69) is 9.97 Å². The van der Waals surface area contributed by atoms with Gasteiger partial charge in [0.25, 0.3) is 0 Å². The number of alkyl halides is 3. The molecule has 3 heterocycles. The molecule has 0 spiro atoms. The molecule has 0 bridgehead atoms. The molecule has 0 N–H and O–H groups in total. The zero-order valence-corrected chi connectivity index (χ0v) is 20.0. The first kappa shape index (κ1) is 25.1. The number of nitrogens with zero attached hydrogens (tertiary/aromatic N) is 4. The smallest absolute Gasteiger partial charge is 0.417 e. The van der Waals surface area contributed by atoms with Crippen LogP contribution in [0.15, 0.2) is 85.6 Å². The molecule has 1 fully saturated rings. The molecule has 196 valence electrons. The van der Waals surface area contributed by atoms with Gasteiger partial charge in [-0.15, -0.1) is 0 Å². The van der Waals surface area contributed by atoms with Crippen LogP contribution in [0.5, 0.6) is 23.1 Å². The Morgan fingerprint density at radius 1 is 0.895 bits per heavy atom. The lowest BCUT2D eigenvalue weighted by Crippen LogP contribution is -2.43. The van der Waals surface area contributed by atoms with E-state index in [1.54, 1.807) is 41.7 Å². The number of aromatic nitrogens is 3. The maximum atomic E-state index is 12.7. The van der Waals surface area contributed by atoms with Gasteiger partial charge in [-0.3, -0.25) is 0 Å². The van der Waals surface area contributed by atoms with E-state index in [9.17, 15) is 18.0 Å². The number of amides is 1. The molecule has 1 saturated heterocycles. The molecule has 0 unspecified atom stereocenters. The van der Waals surface area contributed by atoms with Crippen molar-refractivity contribution in [2.24, 2.45) is 0 Å². The van der Waals surface area contributed by atoms with Gasteiger partial charge in [-0.2, -0.15) is 13.2 Å². The van der Waals surface area contributed by atoms with Crippen molar-refractivity contribution in [1.82, 2.24) is 19.4 Å². The van der Waals surface area contributed by atoms with E-state index in [0.717, 1.165) is 23.6 Å². The number of piperidine rings is 1. The minimum absolute atomic E-state index is 0.00613. The van der Waals surface area contributed by atoms with E-state index in [0.29, 0.717) is 43.6 Å². The third-order valence-corrected chi connectivity index (χ3v) is 5.96. The van der Waals surface area contributed by atoms with Crippen molar-refractivity contribution in [2.45, 2.75) is 25.1 Å². The second kappa shape index (κ2) is 10.8. The fourth-order valence-electron chi connectivity index (χ4n) is 3.93. The number of rotatable bonds is 6. The minimum atomic E-state index is -4.47. The van der Waals surface area contributed by atoms with Crippen molar-refractivity contribution in [3.05, 3.63) is 91.1 Å². The van der Waals surface area contributed by atoms with E-state index < -0.39 is 17.8 Å². The average Bonchev–Trinajstić information content (AvgIpc) is 3.46. The lowest BCUT2D eigenvalue weighted by Gasteiger charge is -2.31. The van der Waals surface area contributed by atoms with Gasteiger partial charge >= 0.3 is 12.3 Å². The second-order valence-corrected chi connectivity index (χ2v) is 8.59.